The molecular weight excluding hydrogens is 277 g/mol. The molecule has 0 bridgehead atoms. The van der Waals surface area contributed by atoms with Crippen LogP contribution in [0.2, 0.25) is 0 Å². The molecule has 1 aliphatic rings. The number of likely N-dealkylation sites (tertiary alicyclic amines) is 1. The van der Waals surface area contributed by atoms with Crippen molar-refractivity contribution in [3.63, 3.8) is 0 Å². The molecule has 1 fully saturated rings. The number of aliphatic hydroxyl groups is 1. The van der Waals surface area contributed by atoms with Gasteiger partial charge in [-0.1, -0.05) is 5.21 Å². The van der Waals surface area contributed by atoms with Gasteiger partial charge in [-0.15, -0.1) is 5.10 Å². The molecule has 0 spiro atoms. The van der Waals surface area contributed by atoms with E-state index in [1.54, 1.807) is 10.9 Å². The van der Waals surface area contributed by atoms with E-state index in [4.69, 9.17) is 0 Å². The van der Waals surface area contributed by atoms with Crippen molar-refractivity contribution in [1.82, 2.24) is 19.9 Å². The molecule has 0 radical (unpaired) electrons. The highest BCUT2D eigenvalue weighted by Gasteiger charge is 2.36. The third-order valence-corrected chi connectivity index (χ3v) is 3.16. The number of hydrogen-bond acceptors (Lipinski definition) is 5. The highest BCUT2D eigenvalue weighted by atomic mass is 19.4. The summed E-state index contributed by atoms with van der Waals surface area (Å²) in [4.78, 5) is 1.88. The van der Waals surface area contributed by atoms with Gasteiger partial charge in [-0.2, -0.15) is 13.2 Å². The number of nitrogens with zero attached hydrogens (tertiary/aromatic N) is 4. The predicted octanol–water partition coefficient (Wildman–Crippen LogP) is 0.294. The first-order chi connectivity index (χ1) is 9.36. The molecule has 0 saturated carbocycles. The van der Waals surface area contributed by atoms with Crippen LogP contribution in [0.3, 0.4) is 0 Å². The van der Waals surface area contributed by atoms with E-state index in [-0.39, 0.29) is 6.61 Å². The average molecular weight is 294 g/mol. The lowest BCUT2D eigenvalue weighted by Crippen LogP contribution is -2.38. The fourth-order valence-electron chi connectivity index (χ4n) is 2.26. The van der Waals surface area contributed by atoms with Crippen LogP contribution in [0.15, 0.2) is 12.4 Å². The molecule has 1 saturated heterocycles. The van der Waals surface area contributed by atoms with Gasteiger partial charge >= 0.3 is 6.18 Å². The first-order valence-electron chi connectivity index (χ1n) is 6.30. The molecule has 0 aliphatic carbocycles. The molecule has 1 N–H and O–H groups in total. The molecule has 2 rings (SSSR count). The second kappa shape index (κ2) is 6.06. The summed E-state index contributed by atoms with van der Waals surface area (Å²) in [6.45, 7) is 0.481. The Balaban J connectivity index is 1.69. The van der Waals surface area contributed by atoms with Crippen molar-refractivity contribution >= 4 is 0 Å². The number of alkyl halides is 3. The Morgan fingerprint density at radius 2 is 2.20 bits per heavy atom. The van der Waals surface area contributed by atoms with Crippen molar-refractivity contribution in [3.8, 4) is 0 Å². The Morgan fingerprint density at radius 3 is 2.85 bits per heavy atom. The van der Waals surface area contributed by atoms with Crippen molar-refractivity contribution in [1.29, 1.82) is 0 Å². The first-order valence-corrected chi connectivity index (χ1v) is 6.30. The zero-order valence-electron chi connectivity index (χ0n) is 10.9. The van der Waals surface area contributed by atoms with E-state index in [1.807, 2.05) is 4.90 Å². The van der Waals surface area contributed by atoms with E-state index in [9.17, 15) is 18.3 Å². The standard InChI is InChI=1S/C11H17F3N4O2/c12-11(13,14)9-20-6-5-17-3-1-10(19,7-17)8-18-4-2-15-16-18/h2,4,19H,1,3,5-9H2. The Hall–Kier alpha value is -1.19. The smallest absolute Gasteiger partial charge is 0.387 e. The van der Waals surface area contributed by atoms with Gasteiger partial charge in [-0.25, -0.2) is 4.68 Å². The molecule has 9 heteroatoms. The van der Waals surface area contributed by atoms with Gasteiger partial charge < -0.3 is 9.84 Å². The molecule has 2 heterocycles. The van der Waals surface area contributed by atoms with Crippen LogP contribution in [0, 0.1) is 0 Å². The van der Waals surface area contributed by atoms with Crippen LogP contribution in [0.1, 0.15) is 6.42 Å². The highest BCUT2D eigenvalue weighted by molar-refractivity contribution is 4.90. The van der Waals surface area contributed by atoms with Gasteiger partial charge in [0, 0.05) is 25.8 Å². The molecule has 1 aromatic rings. The fraction of sp³-hybridized carbons (Fsp3) is 0.818. The lowest BCUT2D eigenvalue weighted by atomic mass is 10.0. The SMILES string of the molecule is OC1(Cn2ccnn2)CCN(CCOCC(F)(F)F)C1. The van der Waals surface area contributed by atoms with Crippen molar-refractivity contribution in [2.75, 3.05) is 32.8 Å². The second-order valence-corrected chi connectivity index (χ2v) is 5.02. The summed E-state index contributed by atoms with van der Waals surface area (Å²) in [5.74, 6) is 0. The normalized spacial score (nSPS) is 24.4. The molecule has 0 amide bonds. The van der Waals surface area contributed by atoms with E-state index in [0.29, 0.717) is 32.6 Å². The van der Waals surface area contributed by atoms with E-state index < -0.39 is 18.4 Å². The third kappa shape index (κ3) is 4.73. The van der Waals surface area contributed by atoms with Gasteiger partial charge in [-0.05, 0) is 6.42 Å². The predicted molar refractivity (Wildman–Crippen MR) is 62.9 cm³/mol. The Bertz CT molecular complexity index is 412. The van der Waals surface area contributed by atoms with Crippen LogP contribution in [0.5, 0.6) is 0 Å². The topological polar surface area (TPSA) is 63.4 Å². The minimum atomic E-state index is -4.29. The monoisotopic (exact) mass is 294 g/mol. The lowest BCUT2D eigenvalue weighted by Gasteiger charge is -2.23. The second-order valence-electron chi connectivity index (χ2n) is 5.02. The maximum absolute atomic E-state index is 11.9. The van der Waals surface area contributed by atoms with E-state index in [2.05, 4.69) is 15.0 Å². The maximum Gasteiger partial charge on any atom is 0.411 e. The molecular formula is C11H17F3N4O2. The Kier molecular flexibility index (Phi) is 4.61. The molecule has 1 aromatic heterocycles. The summed E-state index contributed by atoms with van der Waals surface area (Å²) in [6.07, 6.45) is -0.556. The number of aromatic nitrogens is 3. The van der Waals surface area contributed by atoms with Gasteiger partial charge in [0.15, 0.2) is 0 Å². The molecule has 1 unspecified atom stereocenters. The summed E-state index contributed by atoms with van der Waals surface area (Å²) in [7, 11) is 0. The highest BCUT2D eigenvalue weighted by Crippen LogP contribution is 2.22. The molecule has 0 aromatic carbocycles. The number of β-amino-alcohol motifs (C(OH)–C–C–N with tert-alkyl or cyclic N) is 1. The average Bonchev–Trinajstić information content (AvgIpc) is 2.94. The van der Waals surface area contributed by atoms with Crippen LogP contribution < -0.4 is 0 Å². The van der Waals surface area contributed by atoms with Gasteiger partial charge in [-0.3, -0.25) is 4.90 Å². The molecule has 6 nitrogen and oxygen atoms in total. The largest absolute Gasteiger partial charge is 0.411 e. The van der Waals surface area contributed by atoms with Crippen LogP contribution >= 0.6 is 0 Å². The van der Waals surface area contributed by atoms with Crippen LogP contribution in [0.25, 0.3) is 0 Å². The Labute approximate surface area is 114 Å². The van der Waals surface area contributed by atoms with Crippen molar-refractivity contribution in [2.45, 2.75) is 24.7 Å². The quantitative estimate of drug-likeness (QED) is 0.764. The maximum atomic E-state index is 11.9. The van der Waals surface area contributed by atoms with Crippen LogP contribution in [-0.4, -0.2) is 69.6 Å². The first kappa shape index (κ1) is 15.2. The van der Waals surface area contributed by atoms with Gasteiger partial charge in [0.25, 0.3) is 0 Å². The van der Waals surface area contributed by atoms with Crippen molar-refractivity contribution < 1.29 is 23.0 Å². The molecule has 1 aliphatic heterocycles. The summed E-state index contributed by atoms with van der Waals surface area (Å²) in [5, 5.41) is 17.8. The Morgan fingerprint density at radius 1 is 1.40 bits per heavy atom. The van der Waals surface area contributed by atoms with Crippen molar-refractivity contribution in [2.24, 2.45) is 0 Å². The third-order valence-electron chi connectivity index (χ3n) is 3.16. The summed E-state index contributed by atoms with van der Waals surface area (Å²) in [6, 6.07) is 0. The van der Waals surface area contributed by atoms with E-state index >= 15 is 0 Å². The summed E-state index contributed by atoms with van der Waals surface area (Å²) < 4.78 is 41.8. The molecule has 114 valence electrons. The van der Waals surface area contributed by atoms with Gasteiger partial charge in [0.2, 0.25) is 0 Å². The zero-order valence-corrected chi connectivity index (χ0v) is 10.9. The van der Waals surface area contributed by atoms with Crippen LogP contribution in [0.4, 0.5) is 13.2 Å². The molecule has 20 heavy (non-hydrogen) atoms. The number of rotatable bonds is 6. The summed E-state index contributed by atoms with van der Waals surface area (Å²) >= 11 is 0. The number of hydrogen-bond donors (Lipinski definition) is 1. The number of halogens is 3. The van der Waals surface area contributed by atoms with Gasteiger partial charge in [0.1, 0.15) is 6.61 Å². The fourth-order valence-corrected chi connectivity index (χ4v) is 2.26. The summed E-state index contributed by atoms with van der Waals surface area (Å²) in [5.41, 5.74) is -0.919. The zero-order chi connectivity index (χ0) is 14.6. The lowest BCUT2D eigenvalue weighted by molar-refractivity contribution is -0.174. The number of ether oxygens (including phenoxy) is 1. The molecule has 1 atom stereocenters. The van der Waals surface area contributed by atoms with E-state index in [0.717, 1.165) is 0 Å². The minimum Gasteiger partial charge on any atom is -0.387 e. The van der Waals surface area contributed by atoms with E-state index in [1.165, 1.54) is 6.20 Å². The van der Waals surface area contributed by atoms with Gasteiger partial charge in [0.05, 0.1) is 24.9 Å². The minimum absolute atomic E-state index is 0.00108. The van der Waals surface area contributed by atoms with Crippen molar-refractivity contribution in [3.05, 3.63) is 12.4 Å². The van der Waals surface area contributed by atoms with Crippen LogP contribution in [-0.2, 0) is 11.3 Å².